The van der Waals surface area contributed by atoms with Crippen molar-refractivity contribution in [2.75, 3.05) is 30.4 Å². The molecule has 1 aliphatic rings. The zero-order valence-corrected chi connectivity index (χ0v) is 14.1. The molecule has 1 aromatic heterocycles. The molecular formula is C14H16BrN5S. The van der Waals surface area contributed by atoms with E-state index < -0.39 is 0 Å². The van der Waals surface area contributed by atoms with E-state index in [9.17, 15) is 0 Å². The van der Waals surface area contributed by atoms with Crippen LogP contribution in [0.3, 0.4) is 0 Å². The SMILES string of the molecule is CNc1nc(Sc2cccc(Br)c2)nc(N2CCCC2)n1. The number of rotatable bonds is 4. The van der Waals surface area contributed by atoms with Crippen molar-refractivity contribution in [3.63, 3.8) is 0 Å². The van der Waals surface area contributed by atoms with Gasteiger partial charge in [-0.15, -0.1) is 0 Å². The lowest BCUT2D eigenvalue weighted by Crippen LogP contribution is -2.21. The fraction of sp³-hybridized carbons (Fsp3) is 0.357. The molecule has 2 heterocycles. The van der Waals surface area contributed by atoms with E-state index >= 15 is 0 Å². The second kappa shape index (κ2) is 6.62. The maximum atomic E-state index is 4.60. The smallest absolute Gasteiger partial charge is 0.231 e. The van der Waals surface area contributed by atoms with Gasteiger partial charge in [-0.3, -0.25) is 0 Å². The van der Waals surface area contributed by atoms with Crippen molar-refractivity contribution in [1.29, 1.82) is 0 Å². The number of benzene rings is 1. The van der Waals surface area contributed by atoms with E-state index in [1.165, 1.54) is 12.8 Å². The number of aromatic nitrogens is 3. The van der Waals surface area contributed by atoms with Gasteiger partial charge in [0.05, 0.1) is 0 Å². The van der Waals surface area contributed by atoms with Crippen LogP contribution < -0.4 is 10.2 Å². The summed E-state index contributed by atoms with van der Waals surface area (Å²) < 4.78 is 1.05. The fourth-order valence-electron chi connectivity index (χ4n) is 2.20. The summed E-state index contributed by atoms with van der Waals surface area (Å²) in [6.07, 6.45) is 2.41. The molecule has 0 radical (unpaired) electrons. The Balaban J connectivity index is 1.88. The Morgan fingerprint density at radius 1 is 1.19 bits per heavy atom. The van der Waals surface area contributed by atoms with Gasteiger partial charge in [-0.25, -0.2) is 0 Å². The Kier molecular flexibility index (Phi) is 4.60. The molecular weight excluding hydrogens is 350 g/mol. The van der Waals surface area contributed by atoms with Crippen molar-refractivity contribution in [1.82, 2.24) is 15.0 Å². The predicted molar refractivity (Wildman–Crippen MR) is 89.1 cm³/mol. The highest BCUT2D eigenvalue weighted by Gasteiger charge is 2.17. The first-order valence-corrected chi connectivity index (χ1v) is 8.48. The van der Waals surface area contributed by atoms with E-state index in [-0.39, 0.29) is 0 Å². The molecule has 0 amide bonds. The third kappa shape index (κ3) is 3.65. The molecule has 21 heavy (non-hydrogen) atoms. The average Bonchev–Trinajstić information content (AvgIpc) is 3.01. The van der Waals surface area contributed by atoms with Crippen molar-refractivity contribution in [3.8, 4) is 0 Å². The van der Waals surface area contributed by atoms with Gasteiger partial charge in [0.2, 0.25) is 11.9 Å². The van der Waals surface area contributed by atoms with Gasteiger partial charge in [0.1, 0.15) is 0 Å². The highest BCUT2D eigenvalue weighted by atomic mass is 79.9. The molecule has 0 bridgehead atoms. The van der Waals surface area contributed by atoms with E-state index in [1.807, 2.05) is 25.2 Å². The molecule has 0 aliphatic carbocycles. The van der Waals surface area contributed by atoms with Crippen molar-refractivity contribution in [3.05, 3.63) is 28.7 Å². The van der Waals surface area contributed by atoms with Crippen molar-refractivity contribution in [2.45, 2.75) is 22.9 Å². The Labute approximate surface area is 136 Å². The molecule has 5 nitrogen and oxygen atoms in total. The van der Waals surface area contributed by atoms with Crippen LogP contribution in [0.25, 0.3) is 0 Å². The van der Waals surface area contributed by atoms with Gasteiger partial charge in [0.25, 0.3) is 0 Å². The highest BCUT2D eigenvalue weighted by Crippen LogP contribution is 2.29. The van der Waals surface area contributed by atoms with Crippen LogP contribution in [0.5, 0.6) is 0 Å². The molecule has 1 saturated heterocycles. The molecule has 0 atom stereocenters. The van der Waals surface area contributed by atoms with Crippen LogP contribution in [-0.2, 0) is 0 Å². The van der Waals surface area contributed by atoms with Crippen LogP contribution in [0.2, 0.25) is 0 Å². The number of anilines is 2. The lowest BCUT2D eigenvalue weighted by Gasteiger charge is -2.16. The Morgan fingerprint density at radius 2 is 2.00 bits per heavy atom. The molecule has 1 aliphatic heterocycles. The van der Waals surface area contributed by atoms with Gasteiger partial charge in [0.15, 0.2) is 5.16 Å². The zero-order valence-electron chi connectivity index (χ0n) is 11.7. The Morgan fingerprint density at radius 3 is 2.71 bits per heavy atom. The van der Waals surface area contributed by atoms with Crippen LogP contribution in [-0.4, -0.2) is 35.1 Å². The van der Waals surface area contributed by atoms with Crippen molar-refractivity contribution in [2.24, 2.45) is 0 Å². The van der Waals surface area contributed by atoms with E-state index in [0.717, 1.165) is 28.4 Å². The minimum Gasteiger partial charge on any atom is -0.357 e. The van der Waals surface area contributed by atoms with E-state index in [2.05, 4.69) is 47.2 Å². The monoisotopic (exact) mass is 365 g/mol. The standard InChI is InChI=1S/C14H16BrN5S/c1-16-12-17-13(20-7-2-3-8-20)19-14(18-12)21-11-6-4-5-10(15)9-11/h4-6,9H,2-3,7-8H2,1H3,(H,16,17,18,19). The molecule has 1 fully saturated rings. The second-order valence-electron chi connectivity index (χ2n) is 4.75. The lowest BCUT2D eigenvalue weighted by atomic mass is 10.4. The maximum Gasteiger partial charge on any atom is 0.231 e. The van der Waals surface area contributed by atoms with Crippen molar-refractivity contribution >= 4 is 39.6 Å². The van der Waals surface area contributed by atoms with Crippen molar-refractivity contribution < 1.29 is 0 Å². The van der Waals surface area contributed by atoms with Gasteiger partial charge in [-0.05, 0) is 42.8 Å². The molecule has 7 heteroatoms. The Hall–Kier alpha value is -1.34. The predicted octanol–water partition coefficient (Wildman–Crippen LogP) is 3.43. The number of hydrogen-bond acceptors (Lipinski definition) is 6. The van der Waals surface area contributed by atoms with E-state index in [0.29, 0.717) is 11.1 Å². The summed E-state index contributed by atoms with van der Waals surface area (Å²) in [7, 11) is 1.83. The summed E-state index contributed by atoms with van der Waals surface area (Å²) >= 11 is 5.03. The molecule has 1 N–H and O–H groups in total. The zero-order chi connectivity index (χ0) is 14.7. The van der Waals surface area contributed by atoms with Gasteiger partial charge in [-0.1, -0.05) is 22.0 Å². The van der Waals surface area contributed by atoms with Gasteiger partial charge in [-0.2, -0.15) is 15.0 Å². The van der Waals surface area contributed by atoms with Crippen LogP contribution in [0.15, 0.2) is 38.8 Å². The summed E-state index contributed by atoms with van der Waals surface area (Å²) in [5.41, 5.74) is 0. The average molecular weight is 366 g/mol. The largest absolute Gasteiger partial charge is 0.357 e. The summed E-state index contributed by atoms with van der Waals surface area (Å²) in [6.45, 7) is 2.04. The highest BCUT2D eigenvalue weighted by molar-refractivity contribution is 9.10. The first kappa shape index (κ1) is 14.6. The van der Waals surface area contributed by atoms with E-state index in [4.69, 9.17) is 0 Å². The minimum absolute atomic E-state index is 0.615. The minimum atomic E-state index is 0.615. The molecule has 0 unspecified atom stereocenters. The number of nitrogens with one attached hydrogen (secondary N) is 1. The van der Waals surface area contributed by atoms with Gasteiger partial charge < -0.3 is 10.2 Å². The lowest BCUT2D eigenvalue weighted by molar-refractivity contribution is 0.830. The quantitative estimate of drug-likeness (QED) is 0.895. The molecule has 0 saturated carbocycles. The third-order valence-corrected chi connectivity index (χ3v) is 4.57. The fourth-order valence-corrected chi connectivity index (χ4v) is 3.55. The number of halogens is 1. The first-order chi connectivity index (χ1) is 10.2. The molecule has 3 rings (SSSR count). The summed E-state index contributed by atoms with van der Waals surface area (Å²) in [5, 5.41) is 3.73. The van der Waals surface area contributed by atoms with Crippen LogP contribution in [0.4, 0.5) is 11.9 Å². The van der Waals surface area contributed by atoms with E-state index in [1.54, 1.807) is 11.8 Å². The first-order valence-electron chi connectivity index (χ1n) is 6.87. The second-order valence-corrected chi connectivity index (χ2v) is 6.70. The summed E-state index contributed by atoms with van der Waals surface area (Å²) in [4.78, 5) is 16.8. The summed E-state index contributed by atoms with van der Waals surface area (Å²) in [5.74, 6) is 1.38. The van der Waals surface area contributed by atoms with Gasteiger partial charge in [0, 0.05) is 29.5 Å². The molecule has 1 aromatic carbocycles. The van der Waals surface area contributed by atoms with Gasteiger partial charge >= 0.3 is 0 Å². The molecule has 0 spiro atoms. The van der Waals surface area contributed by atoms with Crippen LogP contribution >= 0.6 is 27.7 Å². The summed E-state index contributed by atoms with van der Waals surface area (Å²) in [6, 6.07) is 8.12. The normalized spacial score (nSPS) is 14.5. The van der Waals surface area contributed by atoms with Crippen LogP contribution in [0.1, 0.15) is 12.8 Å². The third-order valence-electron chi connectivity index (χ3n) is 3.22. The van der Waals surface area contributed by atoms with Crippen LogP contribution in [0, 0.1) is 0 Å². The molecule has 110 valence electrons. The molecule has 2 aromatic rings. The topological polar surface area (TPSA) is 53.9 Å². The Bertz CT molecular complexity index is 631. The maximum absolute atomic E-state index is 4.60. The number of hydrogen-bond donors (Lipinski definition) is 1. The number of nitrogens with zero attached hydrogens (tertiary/aromatic N) is 4.